The first-order chi connectivity index (χ1) is 15.0. The topological polar surface area (TPSA) is 78.7 Å². The second kappa shape index (κ2) is 10.7. The zero-order valence-electron chi connectivity index (χ0n) is 18.4. The Morgan fingerprint density at radius 1 is 1.48 bits per heavy atom. The molecule has 0 spiro atoms. The zero-order chi connectivity index (χ0) is 22.4. The molecule has 7 heteroatoms. The number of hydrogen-bond acceptors (Lipinski definition) is 7. The van der Waals surface area contributed by atoms with Crippen molar-refractivity contribution < 1.29 is 9.47 Å². The SMILES string of the molecule is C=C/C(C1=NNC(c2ccc(OC(C)C)c(C#N)c2)S1)=C1/CC[C@H](NCCOC)C1=C. The number of ether oxygens (including phenoxy) is 2. The molecule has 6 nitrogen and oxygen atoms in total. The van der Waals surface area contributed by atoms with Crippen molar-refractivity contribution in [3.05, 3.63) is 65.3 Å². The molecule has 164 valence electrons. The lowest BCUT2D eigenvalue weighted by Crippen LogP contribution is -2.30. The summed E-state index contributed by atoms with van der Waals surface area (Å²) in [5.41, 5.74) is 8.04. The second-order valence-corrected chi connectivity index (χ2v) is 8.83. The molecule has 0 bridgehead atoms. The summed E-state index contributed by atoms with van der Waals surface area (Å²) >= 11 is 1.63. The van der Waals surface area contributed by atoms with E-state index < -0.39 is 0 Å². The normalized spacial score (nSPS) is 22.2. The molecule has 0 saturated heterocycles. The van der Waals surface area contributed by atoms with Gasteiger partial charge in [-0.25, -0.2) is 0 Å². The Hall–Kier alpha value is -2.53. The highest BCUT2D eigenvalue weighted by Crippen LogP contribution is 2.40. The van der Waals surface area contributed by atoms with E-state index >= 15 is 0 Å². The molecule has 2 atom stereocenters. The molecule has 2 aliphatic rings. The molecule has 1 unspecified atom stereocenters. The monoisotopic (exact) mass is 438 g/mol. The molecule has 31 heavy (non-hydrogen) atoms. The molecular weight excluding hydrogens is 408 g/mol. The van der Waals surface area contributed by atoms with E-state index in [1.54, 1.807) is 18.9 Å². The molecule has 2 N–H and O–H groups in total. The van der Waals surface area contributed by atoms with Gasteiger partial charge in [-0.05, 0) is 55.5 Å². The third-order valence-electron chi connectivity index (χ3n) is 5.25. The van der Waals surface area contributed by atoms with Gasteiger partial charge in [0.05, 0.1) is 18.3 Å². The Morgan fingerprint density at radius 3 is 2.97 bits per heavy atom. The van der Waals surface area contributed by atoms with Crippen LogP contribution in [0.4, 0.5) is 0 Å². The molecule has 3 rings (SSSR count). The van der Waals surface area contributed by atoms with Crippen LogP contribution in [-0.4, -0.2) is 37.5 Å². The van der Waals surface area contributed by atoms with E-state index in [2.05, 4.69) is 35.1 Å². The van der Waals surface area contributed by atoms with Gasteiger partial charge in [0.15, 0.2) is 0 Å². The van der Waals surface area contributed by atoms with Crippen molar-refractivity contribution >= 4 is 16.8 Å². The minimum absolute atomic E-state index is 0.0148. The number of benzene rings is 1. The van der Waals surface area contributed by atoms with E-state index in [0.717, 1.165) is 41.1 Å². The van der Waals surface area contributed by atoms with Gasteiger partial charge in [-0.15, -0.1) is 0 Å². The van der Waals surface area contributed by atoms with Crippen molar-refractivity contribution in [2.75, 3.05) is 20.3 Å². The molecule has 0 aromatic heterocycles. The van der Waals surface area contributed by atoms with Crippen molar-refractivity contribution in [2.45, 2.75) is 44.2 Å². The van der Waals surface area contributed by atoms with Gasteiger partial charge in [-0.2, -0.15) is 10.4 Å². The minimum atomic E-state index is -0.0731. The fourth-order valence-corrected chi connectivity index (χ4v) is 4.79. The van der Waals surface area contributed by atoms with Gasteiger partial charge in [-0.1, -0.05) is 37.1 Å². The zero-order valence-corrected chi connectivity index (χ0v) is 19.2. The summed E-state index contributed by atoms with van der Waals surface area (Å²) in [6.07, 6.45) is 3.83. The fourth-order valence-electron chi connectivity index (χ4n) is 3.74. The smallest absolute Gasteiger partial charge is 0.137 e. The molecule has 1 heterocycles. The highest BCUT2D eigenvalue weighted by molar-refractivity contribution is 8.14. The number of thioether (sulfide) groups is 1. The van der Waals surface area contributed by atoms with Gasteiger partial charge in [0.2, 0.25) is 0 Å². The predicted molar refractivity (Wildman–Crippen MR) is 127 cm³/mol. The Kier molecular flexibility index (Phi) is 7.97. The number of nitrogens with zero attached hydrogens (tertiary/aromatic N) is 2. The maximum absolute atomic E-state index is 9.52. The van der Waals surface area contributed by atoms with Crippen LogP contribution in [0.5, 0.6) is 5.75 Å². The van der Waals surface area contributed by atoms with Gasteiger partial charge in [0.25, 0.3) is 0 Å². The number of methoxy groups -OCH3 is 1. The van der Waals surface area contributed by atoms with Gasteiger partial charge < -0.3 is 14.8 Å². The molecule has 1 aliphatic heterocycles. The number of rotatable bonds is 9. The van der Waals surface area contributed by atoms with Gasteiger partial charge in [0, 0.05) is 25.3 Å². The van der Waals surface area contributed by atoms with E-state index in [0.29, 0.717) is 17.9 Å². The number of allylic oxidation sites excluding steroid dienone is 1. The minimum Gasteiger partial charge on any atom is -0.490 e. The van der Waals surface area contributed by atoms with Gasteiger partial charge in [0.1, 0.15) is 22.2 Å². The van der Waals surface area contributed by atoms with Crippen molar-refractivity contribution in [2.24, 2.45) is 5.10 Å². The van der Waals surface area contributed by atoms with Crippen LogP contribution in [0.1, 0.15) is 43.2 Å². The van der Waals surface area contributed by atoms with Crippen molar-refractivity contribution in [1.82, 2.24) is 10.7 Å². The summed E-state index contributed by atoms with van der Waals surface area (Å²) in [5.74, 6) is 0.605. The summed E-state index contributed by atoms with van der Waals surface area (Å²) in [4.78, 5) is 0. The summed E-state index contributed by atoms with van der Waals surface area (Å²) in [5, 5.41) is 18.4. The first kappa shape index (κ1) is 23.1. The summed E-state index contributed by atoms with van der Waals surface area (Å²) in [7, 11) is 1.70. The van der Waals surface area contributed by atoms with Gasteiger partial charge >= 0.3 is 0 Å². The molecule has 1 saturated carbocycles. The average Bonchev–Trinajstić information content (AvgIpc) is 3.37. The van der Waals surface area contributed by atoms with Crippen LogP contribution in [0, 0.1) is 11.3 Å². The van der Waals surface area contributed by atoms with Crippen LogP contribution in [0.2, 0.25) is 0 Å². The first-order valence-electron chi connectivity index (χ1n) is 10.5. The number of nitriles is 1. The molecule has 1 fully saturated rings. The van der Waals surface area contributed by atoms with Crippen LogP contribution < -0.4 is 15.5 Å². The maximum atomic E-state index is 9.52. The van der Waals surface area contributed by atoms with Crippen molar-refractivity contribution in [3.8, 4) is 11.8 Å². The second-order valence-electron chi connectivity index (χ2n) is 7.74. The lowest BCUT2D eigenvalue weighted by molar-refractivity contribution is 0.197. The third-order valence-corrected chi connectivity index (χ3v) is 6.40. The highest BCUT2D eigenvalue weighted by Gasteiger charge is 2.30. The third kappa shape index (κ3) is 5.40. The number of nitrogens with one attached hydrogen (secondary N) is 2. The number of hydrazone groups is 1. The van der Waals surface area contributed by atoms with Crippen LogP contribution in [0.3, 0.4) is 0 Å². The highest BCUT2D eigenvalue weighted by atomic mass is 32.2. The Bertz CT molecular complexity index is 945. The fraction of sp³-hybridized carbons (Fsp3) is 0.417. The quantitative estimate of drug-likeness (QED) is 0.555. The molecule has 0 amide bonds. The van der Waals surface area contributed by atoms with Crippen molar-refractivity contribution in [1.29, 1.82) is 5.26 Å². The van der Waals surface area contributed by atoms with E-state index in [-0.39, 0.29) is 17.5 Å². The predicted octanol–water partition coefficient (Wildman–Crippen LogP) is 4.43. The average molecular weight is 439 g/mol. The van der Waals surface area contributed by atoms with E-state index in [1.165, 1.54) is 5.57 Å². The molecule has 1 aromatic rings. The van der Waals surface area contributed by atoms with E-state index in [4.69, 9.17) is 9.47 Å². The summed E-state index contributed by atoms with van der Waals surface area (Å²) < 4.78 is 10.9. The van der Waals surface area contributed by atoms with E-state index in [9.17, 15) is 5.26 Å². The summed E-state index contributed by atoms with van der Waals surface area (Å²) in [6, 6.07) is 8.19. The molecule has 0 radical (unpaired) electrons. The van der Waals surface area contributed by atoms with Crippen LogP contribution in [0.25, 0.3) is 0 Å². The van der Waals surface area contributed by atoms with Crippen molar-refractivity contribution in [3.63, 3.8) is 0 Å². The number of hydrogen-bond donors (Lipinski definition) is 2. The lowest BCUT2D eigenvalue weighted by Gasteiger charge is -2.15. The van der Waals surface area contributed by atoms with Crippen LogP contribution in [0.15, 0.2) is 59.3 Å². The first-order valence-corrected chi connectivity index (χ1v) is 11.3. The van der Waals surface area contributed by atoms with Crippen LogP contribution >= 0.6 is 11.8 Å². The lowest BCUT2D eigenvalue weighted by atomic mass is 10.0. The molecule has 1 aliphatic carbocycles. The maximum Gasteiger partial charge on any atom is 0.137 e. The van der Waals surface area contributed by atoms with Crippen LogP contribution in [-0.2, 0) is 4.74 Å². The molecular formula is C24H30N4O2S. The Labute approximate surface area is 189 Å². The Balaban J connectivity index is 1.73. The Morgan fingerprint density at radius 2 is 2.29 bits per heavy atom. The summed E-state index contributed by atoms with van der Waals surface area (Å²) in [6.45, 7) is 13.7. The standard InChI is InChI=1S/C24H30N4O2S/c1-6-19(20-8-9-21(16(20)4)26-11-12-29-5)24-28-27-23(31-24)17-7-10-22(30-15(2)3)18(13-17)14-25/h6-7,10,13,15,21,23,26-27H,1,4,8-9,11-12H2,2-3,5H3/b20-19+/t21-,23?/m0/s1. The van der Waals surface area contributed by atoms with E-state index in [1.807, 2.05) is 38.1 Å². The largest absolute Gasteiger partial charge is 0.490 e. The molecule has 1 aromatic carbocycles. The van der Waals surface area contributed by atoms with Gasteiger partial charge in [-0.3, -0.25) is 5.43 Å².